The molecule has 0 aliphatic heterocycles. The van der Waals surface area contributed by atoms with Crippen LogP contribution in [-0.2, 0) is 11.3 Å². The molecule has 1 aromatic carbocycles. The van der Waals surface area contributed by atoms with Crippen molar-refractivity contribution < 1.29 is 28.9 Å². The van der Waals surface area contributed by atoms with Crippen LogP contribution in [0.3, 0.4) is 0 Å². The van der Waals surface area contributed by atoms with Crippen LogP contribution in [0.1, 0.15) is 25.8 Å². The molecule has 8 nitrogen and oxygen atoms in total. The van der Waals surface area contributed by atoms with E-state index in [1.165, 1.54) is 21.3 Å². The molecule has 0 unspecified atom stereocenters. The molecule has 0 radical (unpaired) electrons. The molecule has 0 fully saturated rings. The van der Waals surface area contributed by atoms with E-state index in [2.05, 4.69) is 10.6 Å². The normalized spacial score (nSPS) is 11.6. The van der Waals surface area contributed by atoms with Gasteiger partial charge < -0.3 is 34.7 Å². The van der Waals surface area contributed by atoms with Gasteiger partial charge in [-0.05, 0) is 30.0 Å². The first-order valence-electron chi connectivity index (χ1n) is 7.86. The molecule has 0 saturated heterocycles. The van der Waals surface area contributed by atoms with Gasteiger partial charge in [-0.15, -0.1) is 0 Å². The van der Waals surface area contributed by atoms with Gasteiger partial charge in [0.1, 0.15) is 0 Å². The summed E-state index contributed by atoms with van der Waals surface area (Å²) in [5.74, 6) is 0.181. The second-order valence-corrected chi connectivity index (χ2v) is 5.86. The number of methoxy groups -OCH3 is 3. The summed E-state index contributed by atoms with van der Waals surface area (Å²) >= 11 is 0. The Labute approximate surface area is 147 Å². The summed E-state index contributed by atoms with van der Waals surface area (Å²) in [7, 11) is 4.50. The van der Waals surface area contributed by atoms with Crippen molar-refractivity contribution in [2.24, 2.45) is 5.92 Å². The number of rotatable bonds is 9. The highest BCUT2D eigenvalue weighted by atomic mass is 16.5. The molecule has 1 rings (SSSR count). The number of amides is 2. The number of carbonyl (C=O) groups excluding carboxylic acids is 2. The number of carboxylic acid groups (broad SMARTS) is 1. The number of aliphatic carboxylic acids is 1. The SMILES string of the molecule is COc1cc(CNC(=O)N[C@@H](CC(C)C)C(=O)[O-])cc(OC)c1OC. The molecular formula is C17H25N2O6-. The van der Waals surface area contributed by atoms with Crippen molar-refractivity contribution in [3.05, 3.63) is 17.7 Å². The van der Waals surface area contributed by atoms with Crippen molar-refractivity contribution in [2.45, 2.75) is 32.9 Å². The zero-order chi connectivity index (χ0) is 19.0. The Kier molecular flexibility index (Phi) is 7.84. The van der Waals surface area contributed by atoms with E-state index < -0.39 is 18.0 Å². The highest BCUT2D eigenvalue weighted by molar-refractivity contribution is 5.81. The van der Waals surface area contributed by atoms with Gasteiger partial charge in [0, 0.05) is 6.54 Å². The summed E-state index contributed by atoms with van der Waals surface area (Å²) in [5, 5.41) is 16.1. The highest BCUT2D eigenvalue weighted by Crippen LogP contribution is 2.38. The Morgan fingerprint density at radius 2 is 1.64 bits per heavy atom. The first-order valence-corrected chi connectivity index (χ1v) is 7.86. The Hall–Kier alpha value is -2.64. The lowest BCUT2D eigenvalue weighted by molar-refractivity contribution is -0.308. The smallest absolute Gasteiger partial charge is 0.315 e. The van der Waals surface area contributed by atoms with Gasteiger partial charge in [0.25, 0.3) is 0 Å². The van der Waals surface area contributed by atoms with Crippen molar-refractivity contribution in [1.29, 1.82) is 0 Å². The Balaban J connectivity index is 2.76. The van der Waals surface area contributed by atoms with Gasteiger partial charge in [0.15, 0.2) is 11.5 Å². The summed E-state index contributed by atoms with van der Waals surface area (Å²) in [6.45, 7) is 3.89. The third kappa shape index (κ3) is 6.06. The second kappa shape index (κ2) is 9.61. The van der Waals surface area contributed by atoms with E-state index in [0.29, 0.717) is 29.2 Å². The van der Waals surface area contributed by atoms with E-state index in [0.717, 1.165) is 0 Å². The molecule has 25 heavy (non-hydrogen) atoms. The quantitative estimate of drug-likeness (QED) is 0.676. The third-order valence-corrected chi connectivity index (χ3v) is 3.47. The number of hydrogen-bond acceptors (Lipinski definition) is 6. The molecule has 2 N–H and O–H groups in total. The lowest BCUT2D eigenvalue weighted by Crippen LogP contribution is -2.51. The largest absolute Gasteiger partial charge is 0.548 e. The van der Waals surface area contributed by atoms with E-state index in [-0.39, 0.29) is 12.5 Å². The van der Waals surface area contributed by atoms with Crippen molar-refractivity contribution >= 4 is 12.0 Å². The van der Waals surface area contributed by atoms with Gasteiger partial charge in [0.05, 0.1) is 33.3 Å². The zero-order valence-electron chi connectivity index (χ0n) is 15.2. The van der Waals surface area contributed by atoms with Crippen LogP contribution < -0.4 is 30.0 Å². The summed E-state index contributed by atoms with van der Waals surface area (Å²) in [6.07, 6.45) is 0.292. The van der Waals surface area contributed by atoms with Crippen molar-refractivity contribution in [3.63, 3.8) is 0 Å². The number of benzene rings is 1. The molecule has 0 saturated carbocycles. The maximum absolute atomic E-state index is 11.9. The lowest BCUT2D eigenvalue weighted by atomic mass is 10.0. The number of carbonyl (C=O) groups is 2. The molecule has 0 spiro atoms. The Morgan fingerprint density at radius 1 is 1.08 bits per heavy atom. The molecule has 0 bridgehead atoms. The van der Waals surface area contributed by atoms with Crippen LogP contribution in [0.25, 0.3) is 0 Å². The maximum atomic E-state index is 11.9. The molecule has 0 aromatic heterocycles. The van der Waals surface area contributed by atoms with E-state index in [4.69, 9.17) is 14.2 Å². The molecule has 2 amide bonds. The Morgan fingerprint density at radius 3 is 2.04 bits per heavy atom. The monoisotopic (exact) mass is 353 g/mol. The van der Waals surface area contributed by atoms with Crippen LogP contribution in [-0.4, -0.2) is 39.4 Å². The maximum Gasteiger partial charge on any atom is 0.315 e. The topological polar surface area (TPSA) is 109 Å². The summed E-state index contributed by atoms with van der Waals surface area (Å²) in [6, 6.07) is 1.77. The molecule has 0 aliphatic carbocycles. The number of nitrogens with one attached hydrogen (secondary N) is 2. The van der Waals surface area contributed by atoms with Crippen LogP contribution in [0, 0.1) is 5.92 Å². The third-order valence-electron chi connectivity index (χ3n) is 3.47. The first kappa shape index (κ1) is 20.4. The van der Waals surface area contributed by atoms with Crippen molar-refractivity contribution in [3.8, 4) is 17.2 Å². The highest BCUT2D eigenvalue weighted by Gasteiger charge is 2.16. The number of ether oxygens (including phenoxy) is 3. The van der Waals surface area contributed by atoms with Crippen molar-refractivity contribution in [1.82, 2.24) is 10.6 Å². The molecule has 140 valence electrons. The molecule has 1 atom stereocenters. The number of urea groups is 1. The average Bonchev–Trinajstić information content (AvgIpc) is 2.57. The molecule has 0 aliphatic rings. The van der Waals surface area contributed by atoms with Gasteiger partial charge in [0.2, 0.25) is 5.75 Å². The zero-order valence-corrected chi connectivity index (χ0v) is 15.2. The molecule has 1 aromatic rings. The van der Waals surface area contributed by atoms with Gasteiger partial charge in [-0.3, -0.25) is 0 Å². The molecule has 8 heteroatoms. The van der Waals surface area contributed by atoms with Crippen LogP contribution in [0.4, 0.5) is 4.79 Å². The number of carboxylic acids is 1. The average molecular weight is 353 g/mol. The van der Waals surface area contributed by atoms with Gasteiger partial charge in [-0.2, -0.15) is 0 Å². The van der Waals surface area contributed by atoms with Crippen LogP contribution in [0.2, 0.25) is 0 Å². The Bertz CT molecular complexity index is 578. The minimum absolute atomic E-state index is 0.110. The molecular weight excluding hydrogens is 328 g/mol. The van der Waals surface area contributed by atoms with Gasteiger partial charge in [-0.25, -0.2) is 4.79 Å². The van der Waals surface area contributed by atoms with Gasteiger partial charge >= 0.3 is 6.03 Å². The minimum Gasteiger partial charge on any atom is -0.548 e. The van der Waals surface area contributed by atoms with E-state index >= 15 is 0 Å². The lowest BCUT2D eigenvalue weighted by Gasteiger charge is -2.21. The molecule has 0 heterocycles. The van der Waals surface area contributed by atoms with Crippen LogP contribution >= 0.6 is 0 Å². The fourth-order valence-corrected chi connectivity index (χ4v) is 2.31. The van der Waals surface area contributed by atoms with E-state index in [1.54, 1.807) is 12.1 Å². The fourth-order valence-electron chi connectivity index (χ4n) is 2.31. The minimum atomic E-state index is -1.31. The predicted molar refractivity (Wildman–Crippen MR) is 89.7 cm³/mol. The fraction of sp³-hybridized carbons (Fsp3) is 0.529. The van der Waals surface area contributed by atoms with Crippen LogP contribution in [0.5, 0.6) is 17.2 Å². The van der Waals surface area contributed by atoms with Crippen LogP contribution in [0.15, 0.2) is 12.1 Å². The summed E-state index contributed by atoms with van der Waals surface area (Å²) in [5.41, 5.74) is 0.707. The standard InChI is InChI=1S/C17H26N2O6/c1-10(2)6-12(16(20)21)19-17(22)18-9-11-7-13(23-3)15(25-5)14(8-11)24-4/h7-8,10,12H,6,9H2,1-5H3,(H,20,21)(H2,18,19,22)/p-1/t12-/m0/s1. The summed E-state index contributed by atoms with van der Waals surface area (Å²) in [4.78, 5) is 23.0. The second-order valence-electron chi connectivity index (χ2n) is 5.86. The predicted octanol–water partition coefficient (Wildman–Crippen LogP) is 0.676. The first-order chi connectivity index (χ1) is 11.8. The van der Waals surface area contributed by atoms with Crippen molar-refractivity contribution in [2.75, 3.05) is 21.3 Å². The van der Waals surface area contributed by atoms with Gasteiger partial charge in [-0.1, -0.05) is 13.8 Å². The van der Waals surface area contributed by atoms with E-state index in [1.807, 2.05) is 13.8 Å². The summed E-state index contributed by atoms with van der Waals surface area (Å²) < 4.78 is 15.7. The number of hydrogen-bond donors (Lipinski definition) is 2. The van der Waals surface area contributed by atoms with E-state index in [9.17, 15) is 14.7 Å².